The monoisotopic (exact) mass is 840 g/mol. The number of anilines is 12. The molecule has 14 rings (SSSR count). The summed E-state index contributed by atoms with van der Waals surface area (Å²) >= 11 is 0. The number of nitrogens with zero attached hydrogens (tertiary/aromatic N) is 4. The normalized spacial score (nSPS) is 13.3. The molecule has 0 aliphatic carbocycles. The lowest BCUT2D eigenvalue weighted by atomic mass is 9.33. The van der Waals surface area contributed by atoms with E-state index in [1.807, 2.05) is 0 Å². The maximum Gasteiger partial charge on any atom is 0.252 e. The zero-order valence-electron chi connectivity index (χ0n) is 36.2. The summed E-state index contributed by atoms with van der Waals surface area (Å²) in [5.74, 6) is 0. The zero-order chi connectivity index (χ0) is 43.6. The Morgan fingerprint density at radius 2 is 0.379 bits per heavy atom. The first kappa shape index (κ1) is 38.0. The maximum absolute atomic E-state index is 2.42. The fourth-order valence-corrected chi connectivity index (χ4v) is 11.1. The van der Waals surface area contributed by atoms with Gasteiger partial charge in [-0.2, -0.15) is 0 Å². The van der Waals surface area contributed by atoms with Gasteiger partial charge in [0.25, 0.3) is 13.4 Å². The first-order chi connectivity index (χ1) is 32.8. The largest absolute Gasteiger partial charge is 0.311 e. The minimum Gasteiger partial charge on any atom is -0.311 e. The Hall–Kier alpha value is -8.47. The van der Waals surface area contributed by atoms with E-state index in [2.05, 4.69) is 274 Å². The van der Waals surface area contributed by atoms with Crippen LogP contribution >= 0.6 is 0 Å². The minimum absolute atomic E-state index is 0.198. The van der Waals surface area contributed by atoms with E-state index in [0.717, 1.165) is 0 Å². The summed E-state index contributed by atoms with van der Waals surface area (Å²) in [7, 11) is 0. The van der Waals surface area contributed by atoms with E-state index in [0.29, 0.717) is 0 Å². The van der Waals surface area contributed by atoms with Crippen LogP contribution in [0.1, 0.15) is 0 Å². The maximum atomic E-state index is 2.42. The molecule has 4 nitrogen and oxygen atoms in total. The molecule has 6 heteroatoms. The number of hydrogen-bond acceptors (Lipinski definition) is 4. The van der Waals surface area contributed by atoms with Crippen molar-refractivity contribution >= 4 is 114 Å². The highest BCUT2D eigenvalue weighted by atomic mass is 15.2. The Morgan fingerprint density at radius 1 is 0.182 bits per heavy atom. The van der Waals surface area contributed by atoms with Gasteiger partial charge in [0.05, 0.1) is 0 Å². The van der Waals surface area contributed by atoms with Crippen molar-refractivity contribution in [2.45, 2.75) is 0 Å². The van der Waals surface area contributed by atoms with E-state index in [4.69, 9.17) is 0 Å². The van der Waals surface area contributed by atoms with Crippen molar-refractivity contribution in [3.05, 3.63) is 255 Å². The van der Waals surface area contributed by atoms with Crippen LogP contribution in [0.25, 0.3) is 0 Å². The van der Waals surface area contributed by atoms with Crippen LogP contribution in [0.15, 0.2) is 255 Å². The topological polar surface area (TPSA) is 13.0 Å². The quantitative estimate of drug-likeness (QED) is 0.164. The lowest BCUT2D eigenvalue weighted by molar-refractivity contribution is 1.25. The third-order valence-electron chi connectivity index (χ3n) is 13.7. The molecule has 0 fully saturated rings. The molecule has 0 bridgehead atoms. The second-order valence-corrected chi connectivity index (χ2v) is 17.2. The Labute approximate surface area is 387 Å². The lowest BCUT2D eigenvalue weighted by Gasteiger charge is -2.44. The number of benzene rings is 10. The molecule has 0 unspecified atom stereocenters. The highest BCUT2D eigenvalue weighted by Gasteiger charge is 2.44. The Balaban J connectivity index is 0.000000132. The Bertz CT molecular complexity index is 2970. The van der Waals surface area contributed by atoms with Crippen LogP contribution in [-0.4, -0.2) is 13.4 Å². The molecule has 0 saturated carbocycles. The molecule has 0 radical (unpaired) electrons. The predicted molar refractivity (Wildman–Crippen MR) is 281 cm³/mol. The summed E-state index contributed by atoms with van der Waals surface area (Å²) in [5.41, 5.74) is 22.8. The van der Waals surface area contributed by atoms with Gasteiger partial charge in [-0.3, -0.25) is 0 Å². The average Bonchev–Trinajstić information content (AvgIpc) is 3.39. The van der Waals surface area contributed by atoms with Gasteiger partial charge < -0.3 is 19.6 Å². The second kappa shape index (κ2) is 15.7. The SMILES string of the molecule is c1ccc(N2c3ccccc3B3c4ccccc4N(c4ccccc4)c4cccc2c43)cc1.c1ccc(N2c3ccccc3B3c4ccccc4N(c4ccccc4)c4cccc2c43)cc1. The minimum atomic E-state index is 0.198. The molecule has 66 heavy (non-hydrogen) atoms. The van der Waals surface area contributed by atoms with E-state index >= 15 is 0 Å². The molecule has 0 aromatic heterocycles. The van der Waals surface area contributed by atoms with Crippen molar-refractivity contribution in [3.8, 4) is 0 Å². The van der Waals surface area contributed by atoms with Gasteiger partial charge in [0.1, 0.15) is 0 Å². The van der Waals surface area contributed by atoms with Gasteiger partial charge in [-0.1, -0.05) is 158 Å². The third-order valence-corrected chi connectivity index (χ3v) is 13.7. The summed E-state index contributed by atoms with van der Waals surface area (Å²) in [6.07, 6.45) is 0. The summed E-state index contributed by atoms with van der Waals surface area (Å²) < 4.78 is 0. The highest BCUT2D eigenvalue weighted by molar-refractivity contribution is 7.01. The van der Waals surface area contributed by atoms with Crippen molar-refractivity contribution in [1.82, 2.24) is 0 Å². The number of rotatable bonds is 4. The first-order valence-corrected chi connectivity index (χ1v) is 22.9. The van der Waals surface area contributed by atoms with Crippen LogP contribution < -0.4 is 52.4 Å². The summed E-state index contributed by atoms with van der Waals surface area (Å²) in [6, 6.07) is 91.8. The van der Waals surface area contributed by atoms with Crippen molar-refractivity contribution in [3.63, 3.8) is 0 Å². The molecular weight excluding hydrogens is 798 g/mol. The fourth-order valence-electron chi connectivity index (χ4n) is 11.1. The summed E-state index contributed by atoms with van der Waals surface area (Å²) in [5, 5.41) is 0. The Kier molecular flexibility index (Phi) is 9.02. The van der Waals surface area contributed by atoms with E-state index in [1.165, 1.54) is 101 Å². The molecule has 4 heterocycles. The summed E-state index contributed by atoms with van der Waals surface area (Å²) in [4.78, 5) is 9.67. The van der Waals surface area contributed by atoms with E-state index in [1.54, 1.807) is 0 Å². The van der Waals surface area contributed by atoms with Crippen LogP contribution in [0.4, 0.5) is 68.2 Å². The van der Waals surface area contributed by atoms with Crippen molar-refractivity contribution in [1.29, 1.82) is 0 Å². The van der Waals surface area contributed by atoms with Gasteiger partial charge in [0.15, 0.2) is 0 Å². The van der Waals surface area contributed by atoms with Crippen LogP contribution in [0.2, 0.25) is 0 Å². The van der Waals surface area contributed by atoms with E-state index < -0.39 is 0 Å². The zero-order valence-corrected chi connectivity index (χ0v) is 36.2. The van der Waals surface area contributed by atoms with Gasteiger partial charge in [-0.25, -0.2) is 0 Å². The van der Waals surface area contributed by atoms with Gasteiger partial charge in [-0.05, 0) is 130 Å². The van der Waals surface area contributed by atoms with Crippen molar-refractivity contribution < 1.29 is 0 Å². The molecule has 0 atom stereocenters. The van der Waals surface area contributed by atoms with Crippen LogP contribution in [0.3, 0.4) is 0 Å². The third kappa shape index (κ3) is 5.88. The van der Waals surface area contributed by atoms with Gasteiger partial charge in [0, 0.05) is 68.2 Å². The number of hydrogen-bond donors (Lipinski definition) is 0. The molecule has 0 saturated heterocycles. The molecule has 0 spiro atoms. The average molecular weight is 841 g/mol. The van der Waals surface area contributed by atoms with Gasteiger partial charge >= 0.3 is 0 Å². The first-order valence-electron chi connectivity index (χ1n) is 22.9. The van der Waals surface area contributed by atoms with Crippen molar-refractivity contribution in [2.75, 3.05) is 19.6 Å². The number of para-hydroxylation sites is 8. The van der Waals surface area contributed by atoms with Gasteiger partial charge in [0.2, 0.25) is 0 Å². The van der Waals surface area contributed by atoms with Crippen LogP contribution in [-0.2, 0) is 0 Å². The smallest absolute Gasteiger partial charge is 0.252 e. The molecule has 10 aromatic rings. The van der Waals surface area contributed by atoms with Gasteiger partial charge in [-0.15, -0.1) is 0 Å². The Morgan fingerprint density at radius 3 is 0.621 bits per heavy atom. The van der Waals surface area contributed by atoms with E-state index in [-0.39, 0.29) is 13.4 Å². The molecule has 308 valence electrons. The second-order valence-electron chi connectivity index (χ2n) is 17.2. The molecule has 4 aliphatic heterocycles. The lowest BCUT2D eigenvalue weighted by Crippen LogP contribution is -2.61. The molecule has 10 aromatic carbocycles. The molecule has 0 N–H and O–H groups in total. The predicted octanol–water partition coefficient (Wildman–Crippen LogP) is 11.5. The van der Waals surface area contributed by atoms with E-state index in [9.17, 15) is 0 Å². The summed E-state index contributed by atoms with van der Waals surface area (Å²) in [6.45, 7) is 0.395. The van der Waals surface area contributed by atoms with Crippen molar-refractivity contribution in [2.24, 2.45) is 0 Å². The van der Waals surface area contributed by atoms with Crippen LogP contribution in [0.5, 0.6) is 0 Å². The highest BCUT2D eigenvalue weighted by Crippen LogP contribution is 2.45. The number of fused-ring (bicyclic) bond motifs is 8. The standard InChI is InChI=1S/2C30H21BN2/c2*1-3-12-22(13-4-1)32-26-18-9-7-16-24(26)31-25-17-8-10-19-27(25)33(23-14-5-2-6-15-23)29-21-11-20-28(32)30(29)31/h2*1-21H. The van der Waals surface area contributed by atoms with Crippen LogP contribution in [0, 0.1) is 0 Å². The fraction of sp³-hybridized carbons (Fsp3) is 0. The molecular formula is C60H42B2N4. The molecule has 0 amide bonds. The molecule has 4 aliphatic rings.